The van der Waals surface area contributed by atoms with Gasteiger partial charge in [0.15, 0.2) is 10.8 Å². The van der Waals surface area contributed by atoms with Crippen LogP contribution in [0.4, 0.5) is 22.1 Å². The summed E-state index contributed by atoms with van der Waals surface area (Å²) in [4.78, 5) is 24.6. The van der Waals surface area contributed by atoms with Gasteiger partial charge >= 0.3 is 5.91 Å². The first kappa shape index (κ1) is 29.3. The van der Waals surface area contributed by atoms with Crippen LogP contribution in [0.2, 0.25) is 0 Å². The van der Waals surface area contributed by atoms with E-state index in [9.17, 15) is 23.1 Å². The van der Waals surface area contributed by atoms with Crippen molar-refractivity contribution < 1.29 is 23.1 Å². The first-order valence-electron chi connectivity index (χ1n) is 11.9. The number of hydrogen-bond acceptors (Lipinski definition) is 9. The Morgan fingerprint density at radius 3 is 2.51 bits per heavy atom. The molecule has 1 heterocycles. The van der Waals surface area contributed by atoms with Gasteiger partial charge in [-0.05, 0) is 67.0 Å². The SMILES string of the molecule is CC#CC#CC(=O)Nc1cc(/N=N/c2snc3ccc(S(N)(=O)=O)cc23)cc(NC(=O)CCCCCC)c1O. The molecule has 202 valence electrons. The number of rotatable bonds is 10. The van der Waals surface area contributed by atoms with Crippen molar-refractivity contribution in [1.29, 1.82) is 0 Å². The molecular weight excluding hydrogens is 540 g/mol. The molecule has 0 saturated carbocycles. The van der Waals surface area contributed by atoms with Crippen molar-refractivity contribution in [3.05, 3.63) is 30.3 Å². The van der Waals surface area contributed by atoms with E-state index in [2.05, 4.69) is 55.8 Å². The third-order valence-corrected chi connectivity index (χ3v) is 6.93. The molecule has 13 heteroatoms. The summed E-state index contributed by atoms with van der Waals surface area (Å²) in [6.45, 7) is 3.65. The van der Waals surface area contributed by atoms with E-state index in [0.717, 1.165) is 30.8 Å². The molecule has 0 spiro atoms. The molecule has 2 amide bonds. The third-order valence-electron chi connectivity index (χ3n) is 5.25. The van der Waals surface area contributed by atoms with Gasteiger partial charge in [-0.2, -0.15) is 4.37 Å². The number of phenolic OH excluding ortho intramolecular Hbond substituents is 1. The Labute approximate surface area is 230 Å². The molecule has 3 aromatic rings. The van der Waals surface area contributed by atoms with Crippen LogP contribution < -0.4 is 15.8 Å². The van der Waals surface area contributed by atoms with Crippen molar-refractivity contribution in [1.82, 2.24) is 4.37 Å². The average Bonchev–Trinajstić information content (AvgIpc) is 3.30. The number of nitrogens with two attached hydrogens (primary N) is 1. The number of phenols is 1. The number of unbranched alkanes of at least 4 members (excludes halogenated alkanes) is 3. The van der Waals surface area contributed by atoms with Crippen LogP contribution in [0.1, 0.15) is 46.0 Å². The first-order chi connectivity index (χ1) is 18.6. The number of aromatic hydroxyl groups is 1. The minimum Gasteiger partial charge on any atom is -0.504 e. The number of hydrogen-bond donors (Lipinski definition) is 4. The van der Waals surface area contributed by atoms with Gasteiger partial charge in [0.25, 0.3) is 0 Å². The minimum absolute atomic E-state index is 0.0224. The summed E-state index contributed by atoms with van der Waals surface area (Å²) in [6.07, 6.45) is 3.90. The molecule has 0 radical (unpaired) electrons. The van der Waals surface area contributed by atoms with Gasteiger partial charge < -0.3 is 15.7 Å². The summed E-state index contributed by atoms with van der Waals surface area (Å²) in [6, 6.07) is 6.95. The van der Waals surface area contributed by atoms with Crippen molar-refractivity contribution in [2.24, 2.45) is 15.4 Å². The summed E-state index contributed by atoms with van der Waals surface area (Å²) in [5.74, 6) is 8.22. The second kappa shape index (κ2) is 13.5. The molecule has 0 bridgehead atoms. The van der Waals surface area contributed by atoms with Crippen LogP contribution in [0.15, 0.2) is 45.5 Å². The molecule has 0 aliphatic carbocycles. The van der Waals surface area contributed by atoms with Gasteiger partial charge in [0, 0.05) is 17.7 Å². The largest absolute Gasteiger partial charge is 0.504 e. The smallest absolute Gasteiger partial charge is 0.301 e. The summed E-state index contributed by atoms with van der Waals surface area (Å²) < 4.78 is 27.7. The number of carbonyl (C=O) groups excluding carboxylic acids is 2. The minimum atomic E-state index is -3.94. The third kappa shape index (κ3) is 8.35. The fourth-order valence-electron chi connectivity index (χ4n) is 3.36. The maximum Gasteiger partial charge on any atom is 0.301 e. The van der Waals surface area contributed by atoms with Crippen LogP contribution in [0, 0.1) is 23.7 Å². The van der Waals surface area contributed by atoms with E-state index in [0.29, 0.717) is 22.3 Å². The van der Waals surface area contributed by atoms with E-state index >= 15 is 0 Å². The monoisotopic (exact) mass is 566 g/mol. The van der Waals surface area contributed by atoms with Crippen molar-refractivity contribution >= 4 is 66.3 Å². The van der Waals surface area contributed by atoms with Gasteiger partial charge in [-0.25, -0.2) is 13.6 Å². The Balaban J connectivity index is 1.95. The summed E-state index contributed by atoms with van der Waals surface area (Å²) in [5.41, 5.74) is 0.649. The van der Waals surface area contributed by atoms with Gasteiger partial charge in [-0.1, -0.05) is 32.1 Å². The lowest BCUT2D eigenvalue weighted by molar-refractivity contribution is -0.116. The molecule has 1 aromatic heterocycles. The van der Waals surface area contributed by atoms with Crippen LogP contribution in [-0.4, -0.2) is 29.7 Å². The van der Waals surface area contributed by atoms with Gasteiger partial charge in [0.2, 0.25) is 15.9 Å². The van der Waals surface area contributed by atoms with E-state index in [4.69, 9.17) is 5.14 Å². The Morgan fingerprint density at radius 2 is 1.82 bits per heavy atom. The standard InChI is InChI=1S/C26H26N6O5S2/c1-3-5-7-9-11-24(34)29-22-15-17(14-21(25(22)35)28-23(33)10-8-6-4-2)30-31-26-19-16-18(39(27,36)37)12-13-20(19)32-38-26/h12-16,35H,3,5,7,9,11H2,1-2H3,(H,28,33)(H,29,34)(H2,27,36,37)/b31-30+. The van der Waals surface area contributed by atoms with Gasteiger partial charge in [0.05, 0.1) is 27.5 Å². The maximum absolute atomic E-state index is 12.5. The Morgan fingerprint density at radius 1 is 1.08 bits per heavy atom. The molecule has 0 unspecified atom stereocenters. The van der Waals surface area contributed by atoms with E-state index < -0.39 is 15.9 Å². The second-order valence-electron chi connectivity index (χ2n) is 8.24. The molecule has 0 aliphatic rings. The fraction of sp³-hybridized carbons (Fsp3) is 0.269. The van der Waals surface area contributed by atoms with Gasteiger partial charge in [0.1, 0.15) is 0 Å². The topological polar surface area (TPSA) is 176 Å². The number of fused-ring (bicyclic) bond motifs is 1. The van der Waals surface area contributed by atoms with E-state index in [1.165, 1.54) is 30.3 Å². The van der Waals surface area contributed by atoms with Crippen LogP contribution in [-0.2, 0) is 19.6 Å². The number of anilines is 2. The molecule has 0 atom stereocenters. The van der Waals surface area contributed by atoms with E-state index in [1.54, 1.807) is 6.92 Å². The molecule has 3 rings (SSSR count). The number of benzene rings is 2. The fourth-order valence-corrected chi connectivity index (χ4v) is 4.58. The summed E-state index contributed by atoms with van der Waals surface area (Å²) >= 11 is 0.992. The number of carbonyl (C=O) groups is 2. The number of aromatic nitrogens is 1. The van der Waals surface area contributed by atoms with Crippen molar-refractivity contribution in [2.75, 3.05) is 10.6 Å². The maximum atomic E-state index is 12.5. The number of azo groups is 1. The molecule has 0 saturated heterocycles. The molecule has 2 aromatic carbocycles. The van der Waals surface area contributed by atoms with Crippen LogP contribution >= 0.6 is 11.5 Å². The lowest BCUT2D eigenvalue weighted by Crippen LogP contribution is -2.13. The van der Waals surface area contributed by atoms with Gasteiger partial charge in [-0.15, -0.1) is 10.2 Å². The lowest BCUT2D eigenvalue weighted by atomic mass is 10.1. The summed E-state index contributed by atoms with van der Waals surface area (Å²) in [5, 5.41) is 30.2. The molecule has 39 heavy (non-hydrogen) atoms. The van der Waals surface area contributed by atoms with Crippen LogP contribution in [0.3, 0.4) is 0 Å². The normalized spacial score (nSPS) is 10.9. The predicted molar refractivity (Wildman–Crippen MR) is 151 cm³/mol. The Bertz CT molecular complexity index is 1660. The van der Waals surface area contributed by atoms with Crippen molar-refractivity contribution in [3.63, 3.8) is 0 Å². The Kier molecular flexibility index (Phi) is 10.1. The highest BCUT2D eigenvalue weighted by Crippen LogP contribution is 2.39. The number of amides is 2. The zero-order chi connectivity index (χ0) is 28.4. The van der Waals surface area contributed by atoms with Crippen molar-refractivity contribution in [3.8, 4) is 29.4 Å². The molecule has 5 N–H and O–H groups in total. The molecule has 11 nitrogen and oxygen atoms in total. The number of sulfonamides is 1. The highest BCUT2D eigenvalue weighted by Gasteiger charge is 2.16. The average molecular weight is 567 g/mol. The number of nitrogens with zero attached hydrogens (tertiary/aromatic N) is 3. The lowest BCUT2D eigenvalue weighted by Gasteiger charge is -2.12. The Hall–Kier alpha value is -4.30. The number of primary sulfonamides is 1. The predicted octanol–water partition coefficient (Wildman–Crippen LogP) is 4.94. The molecular formula is C26H26N6O5S2. The highest BCUT2D eigenvalue weighted by molar-refractivity contribution is 7.89. The van der Waals surface area contributed by atoms with Crippen molar-refractivity contribution in [2.45, 2.75) is 50.8 Å². The van der Waals surface area contributed by atoms with E-state index in [-0.39, 0.29) is 40.0 Å². The zero-order valence-corrected chi connectivity index (χ0v) is 22.9. The molecule has 0 aliphatic heterocycles. The highest BCUT2D eigenvalue weighted by atomic mass is 32.2. The summed E-state index contributed by atoms with van der Waals surface area (Å²) in [7, 11) is -3.94. The first-order valence-corrected chi connectivity index (χ1v) is 14.2. The molecule has 0 fully saturated rings. The van der Waals surface area contributed by atoms with E-state index in [1.807, 2.05) is 0 Å². The van der Waals surface area contributed by atoms with Gasteiger partial charge in [-0.3, -0.25) is 9.59 Å². The second-order valence-corrected chi connectivity index (χ2v) is 10.6. The zero-order valence-electron chi connectivity index (χ0n) is 21.2. The van der Waals surface area contributed by atoms with Crippen LogP contribution in [0.25, 0.3) is 10.9 Å². The quantitative estimate of drug-likeness (QED) is 0.117. The van der Waals surface area contributed by atoms with Crippen LogP contribution in [0.5, 0.6) is 5.75 Å². The number of nitrogens with one attached hydrogen (secondary N) is 2.